The molecule has 1 aromatic carbocycles. The number of carbonyl (C=O) groups is 1. The lowest BCUT2D eigenvalue weighted by molar-refractivity contribution is -0.132. The van der Waals surface area contributed by atoms with Gasteiger partial charge in [0.1, 0.15) is 5.75 Å². The number of phenolic OH excluding ortho intramolecular Hbond substituents is 1. The number of nitrogens with zero attached hydrogens (tertiary/aromatic N) is 1. The molecule has 1 fully saturated rings. The number of para-hydroxylation sites is 1. The molecule has 0 spiro atoms. The Labute approximate surface area is 114 Å². The predicted molar refractivity (Wildman–Crippen MR) is 74.8 cm³/mol. The first kappa shape index (κ1) is 13.9. The Kier molecular flexibility index (Phi) is 4.10. The molecule has 1 aliphatic heterocycles. The maximum atomic E-state index is 12.2. The van der Waals surface area contributed by atoms with Crippen LogP contribution in [0.25, 0.3) is 0 Å². The van der Waals surface area contributed by atoms with Crippen molar-refractivity contribution in [3.63, 3.8) is 0 Å². The molecule has 0 aromatic heterocycles. The standard InChI is InChI=1S/C15H22N2O2/c1-15(11-16)6-8-17(9-7-15)14(19)10-12-4-2-3-5-13(12)18/h2-5,18H,6-11,16H2,1H3. The van der Waals surface area contributed by atoms with Gasteiger partial charge in [0.2, 0.25) is 5.91 Å². The molecule has 1 aromatic rings. The van der Waals surface area contributed by atoms with E-state index < -0.39 is 0 Å². The quantitative estimate of drug-likeness (QED) is 0.868. The summed E-state index contributed by atoms with van der Waals surface area (Å²) in [4.78, 5) is 14.1. The zero-order valence-corrected chi connectivity index (χ0v) is 11.4. The van der Waals surface area contributed by atoms with E-state index in [9.17, 15) is 9.90 Å². The molecular weight excluding hydrogens is 240 g/mol. The number of amides is 1. The van der Waals surface area contributed by atoms with Gasteiger partial charge in [0.25, 0.3) is 0 Å². The fourth-order valence-electron chi connectivity index (χ4n) is 2.44. The zero-order chi connectivity index (χ0) is 13.9. The highest BCUT2D eigenvalue weighted by Gasteiger charge is 2.30. The summed E-state index contributed by atoms with van der Waals surface area (Å²) >= 11 is 0. The van der Waals surface area contributed by atoms with Gasteiger partial charge in [-0.05, 0) is 30.9 Å². The Morgan fingerprint density at radius 3 is 2.58 bits per heavy atom. The van der Waals surface area contributed by atoms with Crippen LogP contribution in [0.4, 0.5) is 0 Å². The van der Waals surface area contributed by atoms with Gasteiger partial charge in [0.15, 0.2) is 0 Å². The van der Waals surface area contributed by atoms with Gasteiger partial charge >= 0.3 is 0 Å². The second-order valence-electron chi connectivity index (χ2n) is 5.70. The normalized spacial score (nSPS) is 18.3. The number of piperidine rings is 1. The Morgan fingerprint density at radius 1 is 1.37 bits per heavy atom. The minimum atomic E-state index is 0.0839. The molecule has 4 nitrogen and oxygen atoms in total. The topological polar surface area (TPSA) is 66.6 Å². The van der Waals surface area contributed by atoms with E-state index in [0.717, 1.165) is 25.9 Å². The molecule has 1 heterocycles. The minimum Gasteiger partial charge on any atom is -0.508 e. The average molecular weight is 262 g/mol. The average Bonchev–Trinajstić information content (AvgIpc) is 2.42. The van der Waals surface area contributed by atoms with Crippen molar-refractivity contribution >= 4 is 5.91 Å². The Morgan fingerprint density at radius 2 is 2.00 bits per heavy atom. The Hall–Kier alpha value is -1.55. The van der Waals surface area contributed by atoms with E-state index in [1.165, 1.54) is 0 Å². The number of rotatable bonds is 3. The van der Waals surface area contributed by atoms with Crippen LogP contribution in [-0.4, -0.2) is 35.5 Å². The zero-order valence-electron chi connectivity index (χ0n) is 11.4. The fraction of sp³-hybridized carbons (Fsp3) is 0.533. The molecule has 0 radical (unpaired) electrons. The number of aromatic hydroxyl groups is 1. The highest BCUT2D eigenvalue weighted by molar-refractivity contribution is 5.79. The maximum Gasteiger partial charge on any atom is 0.227 e. The van der Waals surface area contributed by atoms with Crippen molar-refractivity contribution in [1.29, 1.82) is 0 Å². The predicted octanol–water partition coefficient (Wildman–Crippen LogP) is 1.52. The smallest absolute Gasteiger partial charge is 0.227 e. The van der Waals surface area contributed by atoms with Crippen molar-refractivity contribution in [2.75, 3.05) is 19.6 Å². The van der Waals surface area contributed by atoms with Crippen LogP contribution in [0.2, 0.25) is 0 Å². The van der Waals surface area contributed by atoms with Crippen molar-refractivity contribution in [3.05, 3.63) is 29.8 Å². The largest absolute Gasteiger partial charge is 0.508 e. The van der Waals surface area contributed by atoms with Crippen LogP contribution in [0.5, 0.6) is 5.75 Å². The monoisotopic (exact) mass is 262 g/mol. The minimum absolute atomic E-state index is 0.0839. The molecule has 1 aliphatic rings. The third-order valence-corrected chi connectivity index (χ3v) is 4.15. The van der Waals surface area contributed by atoms with Crippen LogP contribution >= 0.6 is 0 Å². The SMILES string of the molecule is CC1(CN)CCN(C(=O)Cc2ccccc2O)CC1. The van der Waals surface area contributed by atoms with Gasteiger partial charge < -0.3 is 15.7 Å². The maximum absolute atomic E-state index is 12.2. The molecule has 0 saturated carbocycles. The number of phenols is 1. The highest BCUT2D eigenvalue weighted by Crippen LogP contribution is 2.29. The molecule has 1 saturated heterocycles. The van der Waals surface area contributed by atoms with E-state index in [-0.39, 0.29) is 23.5 Å². The van der Waals surface area contributed by atoms with E-state index in [1.807, 2.05) is 11.0 Å². The summed E-state index contributed by atoms with van der Waals surface area (Å²) in [5.74, 6) is 0.278. The molecule has 19 heavy (non-hydrogen) atoms. The van der Waals surface area contributed by atoms with Gasteiger partial charge in [-0.1, -0.05) is 25.1 Å². The van der Waals surface area contributed by atoms with Gasteiger partial charge in [0.05, 0.1) is 6.42 Å². The van der Waals surface area contributed by atoms with E-state index in [4.69, 9.17) is 5.73 Å². The van der Waals surface area contributed by atoms with Crippen molar-refractivity contribution in [3.8, 4) is 5.75 Å². The highest BCUT2D eigenvalue weighted by atomic mass is 16.3. The molecule has 3 N–H and O–H groups in total. The van der Waals surface area contributed by atoms with Gasteiger partial charge in [-0.25, -0.2) is 0 Å². The number of nitrogens with two attached hydrogens (primary N) is 1. The summed E-state index contributed by atoms with van der Waals surface area (Å²) in [6.07, 6.45) is 2.18. The third-order valence-electron chi connectivity index (χ3n) is 4.15. The van der Waals surface area contributed by atoms with Gasteiger partial charge in [-0.2, -0.15) is 0 Å². The van der Waals surface area contributed by atoms with Crippen molar-refractivity contribution in [2.45, 2.75) is 26.2 Å². The lowest BCUT2D eigenvalue weighted by Gasteiger charge is -2.38. The fourth-order valence-corrected chi connectivity index (χ4v) is 2.44. The van der Waals surface area contributed by atoms with Gasteiger partial charge in [-0.15, -0.1) is 0 Å². The molecule has 0 aliphatic carbocycles. The molecule has 0 atom stereocenters. The summed E-state index contributed by atoms with van der Waals surface area (Å²) < 4.78 is 0. The van der Waals surface area contributed by atoms with Crippen molar-refractivity contribution in [1.82, 2.24) is 4.90 Å². The number of carbonyl (C=O) groups excluding carboxylic acids is 1. The van der Waals surface area contributed by atoms with E-state index in [0.29, 0.717) is 12.1 Å². The summed E-state index contributed by atoms with van der Waals surface area (Å²) in [7, 11) is 0. The first-order chi connectivity index (χ1) is 9.04. The molecule has 1 amide bonds. The van der Waals surface area contributed by atoms with Gasteiger partial charge in [-0.3, -0.25) is 4.79 Å². The molecule has 104 valence electrons. The number of likely N-dealkylation sites (tertiary alicyclic amines) is 1. The number of hydrogen-bond acceptors (Lipinski definition) is 3. The first-order valence-electron chi connectivity index (χ1n) is 6.79. The molecule has 2 rings (SSSR count). The number of hydrogen-bond donors (Lipinski definition) is 2. The summed E-state index contributed by atoms with van der Waals surface area (Å²) in [6, 6.07) is 7.01. The van der Waals surface area contributed by atoms with E-state index in [1.54, 1.807) is 18.2 Å². The molecule has 4 heteroatoms. The Bertz CT molecular complexity index is 451. The van der Waals surface area contributed by atoms with Crippen molar-refractivity contribution < 1.29 is 9.90 Å². The van der Waals surface area contributed by atoms with Crippen LogP contribution in [0, 0.1) is 5.41 Å². The summed E-state index contributed by atoms with van der Waals surface area (Å²) in [6.45, 7) is 4.38. The van der Waals surface area contributed by atoms with Crippen LogP contribution in [-0.2, 0) is 11.2 Å². The second kappa shape index (κ2) is 5.61. The van der Waals surface area contributed by atoms with Crippen LogP contribution < -0.4 is 5.73 Å². The summed E-state index contributed by atoms with van der Waals surface area (Å²) in [5.41, 5.74) is 6.63. The van der Waals surface area contributed by atoms with Crippen LogP contribution in [0.1, 0.15) is 25.3 Å². The molecule has 0 bridgehead atoms. The lowest BCUT2D eigenvalue weighted by Crippen LogP contribution is -2.45. The number of benzene rings is 1. The van der Waals surface area contributed by atoms with Crippen molar-refractivity contribution in [2.24, 2.45) is 11.1 Å². The second-order valence-corrected chi connectivity index (χ2v) is 5.70. The van der Waals surface area contributed by atoms with E-state index >= 15 is 0 Å². The lowest BCUT2D eigenvalue weighted by atomic mass is 9.80. The van der Waals surface area contributed by atoms with E-state index in [2.05, 4.69) is 6.92 Å². The molecule has 0 unspecified atom stereocenters. The van der Waals surface area contributed by atoms with Crippen LogP contribution in [0.15, 0.2) is 24.3 Å². The van der Waals surface area contributed by atoms with Crippen LogP contribution in [0.3, 0.4) is 0 Å². The summed E-state index contributed by atoms with van der Waals surface area (Å²) in [5, 5.41) is 9.69. The molecular formula is C15H22N2O2. The van der Waals surface area contributed by atoms with Gasteiger partial charge in [0, 0.05) is 18.7 Å². The first-order valence-corrected chi connectivity index (χ1v) is 6.79. The third kappa shape index (κ3) is 3.26. The Balaban J connectivity index is 1.94.